The molecule has 1 N–H and O–H groups in total. The van der Waals surface area contributed by atoms with Crippen LogP contribution in [0, 0.1) is 0 Å². The van der Waals surface area contributed by atoms with E-state index in [4.69, 9.17) is 4.74 Å². The monoisotopic (exact) mass is 354 g/mol. The normalized spacial score (nSPS) is 13.5. The minimum atomic E-state index is -0.587. The molecule has 2 heteroatoms. The van der Waals surface area contributed by atoms with Crippen LogP contribution in [0.15, 0.2) is 48.5 Å². The van der Waals surface area contributed by atoms with Gasteiger partial charge in [-0.3, -0.25) is 0 Å². The molecule has 0 aromatic heterocycles. The van der Waals surface area contributed by atoms with Gasteiger partial charge in [-0.2, -0.15) is 0 Å². The zero-order valence-electron chi connectivity index (χ0n) is 16.6. The summed E-state index contributed by atoms with van der Waals surface area (Å²) >= 11 is 0. The quantitative estimate of drug-likeness (QED) is 0.565. The third-order valence-electron chi connectivity index (χ3n) is 5.03. The van der Waals surface area contributed by atoms with E-state index in [9.17, 15) is 5.11 Å². The number of benzene rings is 2. The van der Waals surface area contributed by atoms with Crippen LogP contribution in [0.2, 0.25) is 0 Å². The number of aryl methyl sites for hydroxylation is 2. The maximum atomic E-state index is 9.81. The molecule has 26 heavy (non-hydrogen) atoms. The molecule has 0 aliphatic heterocycles. The highest BCUT2D eigenvalue weighted by Crippen LogP contribution is 2.37. The fraction of sp³-hybridized carbons (Fsp3) is 0.500. The van der Waals surface area contributed by atoms with Crippen LogP contribution in [0.25, 0.3) is 0 Å². The first-order valence-electron chi connectivity index (χ1n) is 10.1. The maximum absolute atomic E-state index is 9.81. The number of aliphatic hydroxyl groups is 1. The molecule has 142 valence electrons. The second-order valence-electron chi connectivity index (χ2n) is 6.98. The Hall–Kier alpha value is -1.64. The molecule has 2 nitrogen and oxygen atoms in total. The van der Waals surface area contributed by atoms with Crippen LogP contribution in [0.5, 0.6) is 0 Å². The summed E-state index contributed by atoms with van der Waals surface area (Å²) in [5.74, 6) is 0. The molecule has 2 aromatic rings. The van der Waals surface area contributed by atoms with Crippen molar-refractivity contribution in [3.8, 4) is 0 Å². The molecular formula is C24H34O2. The standard InChI is InChI=1S/C24H34O2/c1-4-7-10-20-13-15-22(16-14-20)24(17-18-25,26-6-3)23-12-8-11-21(19-23)9-5-2/h8,11-16,19,25H,4-7,9-10,17-18H2,1-3H3. The van der Waals surface area contributed by atoms with Crippen molar-refractivity contribution in [2.45, 2.75) is 64.9 Å². The fourth-order valence-corrected chi connectivity index (χ4v) is 3.69. The molecule has 0 fully saturated rings. The van der Waals surface area contributed by atoms with Crippen molar-refractivity contribution in [1.82, 2.24) is 0 Å². The van der Waals surface area contributed by atoms with Gasteiger partial charge in [0.1, 0.15) is 5.60 Å². The van der Waals surface area contributed by atoms with E-state index in [-0.39, 0.29) is 6.61 Å². The van der Waals surface area contributed by atoms with Gasteiger partial charge in [-0.05, 0) is 48.4 Å². The molecule has 2 aromatic carbocycles. The highest BCUT2D eigenvalue weighted by molar-refractivity contribution is 5.40. The van der Waals surface area contributed by atoms with Crippen LogP contribution in [0.1, 0.15) is 68.7 Å². The first-order valence-corrected chi connectivity index (χ1v) is 10.1. The van der Waals surface area contributed by atoms with E-state index in [0.717, 1.165) is 30.4 Å². The number of rotatable bonds is 11. The Kier molecular flexibility index (Phi) is 8.34. The van der Waals surface area contributed by atoms with Crippen LogP contribution in [0.4, 0.5) is 0 Å². The Balaban J connectivity index is 2.45. The van der Waals surface area contributed by atoms with Crippen LogP contribution in [0.3, 0.4) is 0 Å². The number of hydrogen-bond donors (Lipinski definition) is 1. The van der Waals surface area contributed by atoms with Crippen LogP contribution in [-0.2, 0) is 23.2 Å². The van der Waals surface area contributed by atoms with Gasteiger partial charge >= 0.3 is 0 Å². The predicted octanol–water partition coefficient (Wildman–Crippen LogP) is 5.64. The van der Waals surface area contributed by atoms with Crippen molar-refractivity contribution in [3.05, 3.63) is 70.8 Å². The van der Waals surface area contributed by atoms with E-state index in [1.807, 2.05) is 6.92 Å². The summed E-state index contributed by atoms with van der Waals surface area (Å²) in [4.78, 5) is 0. The average molecular weight is 355 g/mol. The second-order valence-corrected chi connectivity index (χ2v) is 6.98. The van der Waals surface area contributed by atoms with E-state index >= 15 is 0 Å². The fourth-order valence-electron chi connectivity index (χ4n) is 3.69. The topological polar surface area (TPSA) is 29.5 Å². The van der Waals surface area contributed by atoms with E-state index < -0.39 is 5.60 Å². The molecule has 0 saturated heterocycles. The molecule has 1 atom stereocenters. The van der Waals surface area contributed by atoms with Gasteiger partial charge in [-0.1, -0.05) is 75.2 Å². The third kappa shape index (κ3) is 4.96. The molecule has 1 unspecified atom stereocenters. The Morgan fingerprint density at radius 3 is 2.23 bits per heavy atom. The lowest BCUT2D eigenvalue weighted by atomic mass is 9.82. The molecular weight excluding hydrogens is 320 g/mol. The molecule has 0 bridgehead atoms. The molecule has 0 spiro atoms. The van der Waals surface area contributed by atoms with Crippen molar-refractivity contribution in [2.24, 2.45) is 0 Å². The highest BCUT2D eigenvalue weighted by Gasteiger charge is 2.34. The summed E-state index contributed by atoms with van der Waals surface area (Å²) < 4.78 is 6.34. The van der Waals surface area contributed by atoms with E-state index in [1.165, 1.54) is 24.0 Å². The van der Waals surface area contributed by atoms with E-state index in [0.29, 0.717) is 13.0 Å². The summed E-state index contributed by atoms with van der Waals surface area (Å²) in [5.41, 5.74) is 4.37. The molecule has 0 amide bonds. The van der Waals surface area contributed by atoms with Gasteiger partial charge < -0.3 is 9.84 Å². The molecule has 0 heterocycles. The van der Waals surface area contributed by atoms with Crippen molar-refractivity contribution < 1.29 is 9.84 Å². The summed E-state index contributed by atoms with van der Waals surface area (Å²) in [6.45, 7) is 7.15. The largest absolute Gasteiger partial charge is 0.396 e. The number of hydrogen-bond acceptors (Lipinski definition) is 2. The van der Waals surface area contributed by atoms with Crippen molar-refractivity contribution >= 4 is 0 Å². The Bertz CT molecular complexity index is 640. The maximum Gasteiger partial charge on any atom is 0.120 e. The first-order chi connectivity index (χ1) is 12.7. The molecule has 0 radical (unpaired) electrons. The number of unbranched alkanes of at least 4 members (excludes halogenated alkanes) is 1. The lowest BCUT2D eigenvalue weighted by Crippen LogP contribution is -2.33. The zero-order chi connectivity index (χ0) is 18.8. The highest BCUT2D eigenvalue weighted by atomic mass is 16.5. The van der Waals surface area contributed by atoms with Gasteiger partial charge in [-0.25, -0.2) is 0 Å². The van der Waals surface area contributed by atoms with Gasteiger partial charge in [0.2, 0.25) is 0 Å². The number of ether oxygens (including phenoxy) is 1. The minimum Gasteiger partial charge on any atom is -0.396 e. The summed E-state index contributed by atoms with van der Waals surface area (Å²) in [5, 5.41) is 9.81. The van der Waals surface area contributed by atoms with Crippen LogP contribution >= 0.6 is 0 Å². The van der Waals surface area contributed by atoms with Crippen molar-refractivity contribution in [2.75, 3.05) is 13.2 Å². The Labute approximate surface area is 159 Å². The van der Waals surface area contributed by atoms with E-state index in [1.54, 1.807) is 0 Å². The Morgan fingerprint density at radius 1 is 0.846 bits per heavy atom. The van der Waals surface area contributed by atoms with Crippen LogP contribution < -0.4 is 0 Å². The SMILES string of the molecule is CCCCc1ccc(C(CCO)(OCC)c2cccc(CCC)c2)cc1. The van der Waals surface area contributed by atoms with Gasteiger partial charge in [0.15, 0.2) is 0 Å². The Morgan fingerprint density at radius 2 is 1.62 bits per heavy atom. The third-order valence-corrected chi connectivity index (χ3v) is 5.03. The molecule has 0 aliphatic rings. The number of aliphatic hydroxyl groups excluding tert-OH is 1. The van der Waals surface area contributed by atoms with Gasteiger partial charge in [0.05, 0.1) is 0 Å². The van der Waals surface area contributed by atoms with Gasteiger partial charge in [-0.15, -0.1) is 0 Å². The smallest absolute Gasteiger partial charge is 0.120 e. The zero-order valence-corrected chi connectivity index (χ0v) is 16.6. The first kappa shape index (κ1) is 20.7. The molecule has 0 aliphatic carbocycles. The average Bonchev–Trinajstić information content (AvgIpc) is 2.67. The lowest BCUT2D eigenvalue weighted by molar-refractivity contribution is -0.0277. The summed E-state index contributed by atoms with van der Waals surface area (Å²) in [7, 11) is 0. The minimum absolute atomic E-state index is 0.0928. The van der Waals surface area contributed by atoms with Crippen molar-refractivity contribution in [3.63, 3.8) is 0 Å². The molecule has 2 rings (SSSR count). The predicted molar refractivity (Wildman–Crippen MR) is 110 cm³/mol. The lowest BCUT2D eigenvalue weighted by Gasteiger charge is -2.35. The molecule has 0 saturated carbocycles. The van der Waals surface area contributed by atoms with Gasteiger partial charge in [0.25, 0.3) is 0 Å². The van der Waals surface area contributed by atoms with E-state index in [2.05, 4.69) is 62.4 Å². The second kappa shape index (κ2) is 10.5. The van der Waals surface area contributed by atoms with Gasteiger partial charge in [0, 0.05) is 19.6 Å². The summed E-state index contributed by atoms with van der Waals surface area (Å²) in [6.07, 6.45) is 6.28. The van der Waals surface area contributed by atoms with Crippen LogP contribution in [-0.4, -0.2) is 18.3 Å². The summed E-state index contributed by atoms with van der Waals surface area (Å²) in [6, 6.07) is 17.5. The van der Waals surface area contributed by atoms with Crippen molar-refractivity contribution in [1.29, 1.82) is 0 Å².